The SMILES string of the molecule is CCOc1cc(C=NNc2ccccc2)ccc1OCc1ccc(C(=O)O)o1. The lowest BCUT2D eigenvalue weighted by atomic mass is 10.2. The van der Waals surface area contributed by atoms with Crippen molar-refractivity contribution in [2.24, 2.45) is 5.10 Å². The summed E-state index contributed by atoms with van der Waals surface area (Å²) in [5.74, 6) is 0.270. The van der Waals surface area contributed by atoms with Crippen molar-refractivity contribution >= 4 is 17.9 Å². The van der Waals surface area contributed by atoms with Crippen molar-refractivity contribution in [2.45, 2.75) is 13.5 Å². The number of hydrogen-bond donors (Lipinski definition) is 2. The molecule has 1 heterocycles. The largest absolute Gasteiger partial charge is 0.490 e. The van der Waals surface area contributed by atoms with Gasteiger partial charge in [-0.25, -0.2) is 4.79 Å². The van der Waals surface area contributed by atoms with Crippen LogP contribution in [-0.4, -0.2) is 23.9 Å². The monoisotopic (exact) mass is 380 g/mol. The second-order valence-electron chi connectivity index (χ2n) is 5.73. The predicted molar refractivity (Wildman–Crippen MR) is 105 cm³/mol. The zero-order valence-corrected chi connectivity index (χ0v) is 15.3. The van der Waals surface area contributed by atoms with Gasteiger partial charge in [0.05, 0.1) is 18.5 Å². The number of nitrogens with one attached hydrogen (secondary N) is 1. The lowest BCUT2D eigenvalue weighted by molar-refractivity contribution is 0.0658. The summed E-state index contributed by atoms with van der Waals surface area (Å²) in [6.07, 6.45) is 1.69. The molecule has 2 N–H and O–H groups in total. The average Bonchev–Trinajstić information content (AvgIpc) is 3.18. The number of anilines is 1. The molecule has 0 saturated carbocycles. The molecule has 0 bridgehead atoms. The predicted octanol–water partition coefficient (Wildman–Crippen LogP) is 4.40. The van der Waals surface area contributed by atoms with Crippen molar-refractivity contribution in [2.75, 3.05) is 12.0 Å². The topological polar surface area (TPSA) is 93.3 Å². The maximum Gasteiger partial charge on any atom is 0.371 e. The third kappa shape index (κ3) is 5.14. The Labute approximate surface area is 162 Å². The fraction of sp³-hybridized carbons (Fsp3) is 0.143. The first-order valence-electron chi connectivity index (χ1n) is 8.71. The Morgan fingerprint density at radius 3 is 2.64 bits per heavy atom. The summed E-state index contributed by atoms with van der Waals surface area (Å²) < 4.78 is 16.6. The van der Waals surface area contributed by atoms with Gasteiger partial charge in [-0.3, -0.25) is 5.43 Å². The van der Waals surface area contributed by atoms with Crippen molar-refractivity contribution in [3.63, 3.8) is 0 Å². The lowest BCUT2D eigenvalue weighted by Gasteiger charge is -2.11. The molecule has 2 aromatic carbocycles. The molecule has 0 saturated heterocycles. The second kappa shape index (κ2) is 9.27. The normalized spacial score (nSPS) is 10.8. The zero-order valence-electron chi connectivity index (χ0n) is 15.3. The Morgan fingerprint density at radius 2 is 1.93 bits per heavy atom. The highest BCUT2D eigenvalue weighted by molar-refractivity contribution is 5.84. The summed E-state index contributed by atoms with van der Waals surface area (Å²) in [6, 6.07) is 18.0. The fourth-order valence-electron chi connectivity index (χ4n) is 2.41. The Balaban J connectivity index is 1.66. The van der Waals surface area contributed by atoms with Crippen molar-refractivity contribution in [3.05, 3.63) is 77.7 Å². The van der Waals surface area contributed by atoms with Crippen LogP contribution in [0.5, 0.6) is 11.5 Å². The minimum Gasteiger partial charge on any atom is -0.490 e. The molecule has 0 atom stereocenters. The van der Waals surface area contributed by atoms with Gasteiger partial charge in [-0.1, -0.05) is 18.2 Å². The molecular formula is C21H20N2O5. The number of hydrogen-bond acceptors (Lipinski definition) is 6. The molecule has 0 aliphatic heterocycles. The molecule has 0 amide bonds. The van der Waals surface area contributed by atoms with Gasteiger partial charge in [0.25, 0.3) is 0 Å². The number of hydrazone groups is 1. The third-order valence-electron chi connectivity index (χ3n) is 3.69. The molecule has 7 heteroatoms. The molecule has 144 valence electrons. The number of ether oxygens (including phenoxy) is 2. The van der Waals surface area contributed by atoms with Gasteiger partial charge in [0.15, 0.2) is 11.5 Å². The van der Waals surface area contributed by atoms with E-state index >= 15 is 0 Å². The molecule has 3 aromatic rings. The molecule has 0 aliphatic carbocycles. The number of carbonyl (C=O) groups is 1. The van der Waals surface area contributed by atoms with E-state index in [1.54, 1.807) is 18.3 Å². The van der Waals surface area contributed by atoms with Crippen molar-refractivity contribution in [3.8, 4) is 11.5 Å². The van der Waals surface area contributed by atoms with Crippen LogP contribution in [0.4, 0.5) is 5.69 Å². The zero-order chi connectivity index (χ0) is 19.8. The maximum absolute atomic E-state index is 10.9. The molecule has 0 spiro atoms. The standard InChI is InChI=1S/C21H20N2O5/c1-2-26-20-12-15(13-22-23-16-6-4-3-5-7-16)8-10-18(20)27-14-17-9-11-19(28-17)21(24)25/h3-13,23H,2,14H2,1H3,(H,24,25). The number of carboxylic acids is 1. The highest BCUT2D eigenvalue weighted by atomic mass is 16.5. The molecule has 0 aliphatic rings. The van der Waals surface area contributed by atoms with Crippen LogP contribution in [0.15, 0.2) is 70.2 Å². The molecule has 3 rings (SSSR count). The van der Waals surface area contributed by atoms with Crippen molar-refractivity contribution < 1.29 is 23.8 Å². The molecule has 0 fully saturated rings. The summed E-state index contributed by atoms with van der Waals surface area (Å²) in [7, 11) is 0. The summed E-state index contributed by atoms with van der Waals surface area (Å²) in [5, 5.41) is 13.1. The van der Waals surface area contributed by atoms with Gasteiger partial charge < -0.3 is 19.0 Å². The van der Waals surface area contributed by atoms with Crippen LogP contribution in [0.1, 0.15) is 28.8 Å². The summed E-state index contributed by atoms with van der Waals surface area (Å²) in [5.41, 5.74) is 4.68. The number of nitrogens with zero attached hydrogens (tertiary/aromatic N) is 1. The number of furan rings is 1. The van der Waals surface area contributed by atoms with E-state index < -0.39 is 5.97 Å². The maximum atomic E-state index is 10.9. The van der Waals surface area contributed by atoms with Crippen LogP contribution in [0.25, 0.3) is 0 Å². The van der Waals surface area contributed by atoms with Gasteiger partial charge >= 0.3 is 5.97 Å². The van der Waals surface area contributed by atoms with Gasteiger partial charge in [-0.2, -0.15) is 5.10 Å². The van der Waals surface area contributed by atoms with E-state index in [1.807, 2.05) is 49.4 Å². The highest BCUT2D eigenvalue weighted by Gasteiger charge is 2.11. The molecule has 7 nitrogen and oxygen atoms in total. The number of carboxylic acid groups (broad SMARTS) is 1. The van der Waals surface area contributed by atoms with Crippen LogP contribution >= 0.6 is 0 Å². The lowest BCUT2D eigenvalue weighted by Crippen LogP contribution is -2.00. The van der Waals surface area contributed by atoms with E-state index in [4.69, 9.17) is 19.0 Å². The van der Waals surface area contributed by atoms with Crippen molar-refractivity contribution in [1.29, 1.82) is 0 Å². The number of aromatic carboxylic acids is 1. The van der Waals surface area contributed by atoms with Gasteiger partial charge in [-0.15, -0.1) is 0 Å². The number of rotatable bonds is 9. The minimum atomic E-state index is -1.12. The van der Waals surface area contributed by atoms with Gasteiger partial charge in [0.1, 0.15) is 12.4 Å². The van der Waals surface area contributed by atoms with E-state index in [9.17, 15) is 4.79 Å². The Kier molecular flexibility index (Phi) is 6.30. The van der Waals surface area contributed by atoms with Crippen LogP contribution in [0, 0.1) is 0 Å². The van der Waals surface area contributed by atoms with E-state index in [0.717, 1.165) is 11.3 Å². The first-order valence-corrected chi connectivity index (χ1v) is 8.71. The van der Waals surface area contributed by atoms with Crippen molar-refractivity contribution in [1.82, 2.24) is 0 Å². The summed E-state index contributed by atoms with van der Waals surface area (Å²) in [6.45, 7) is 2.45. The van der Waals surface area contributed by atoms with Crippen LogP contribution < -0.4 is 14.9 Å². The van der Waals surface area contributed by atoms with Crippen LogP contribution in [0.2, 0.25) is 0 Å². The number of benzene rings is 2. The van der Waals surface area contributed by atoms with Crippen LogP contribution in [-0.2, 0) is 6.61 Å². The molecular weight excluding hydrogens is 360 g/mol. The summed E-state index contributed by atoms with van der Waals surface area (Å²) in [4.78, 5) is 10.9. The van der Waals surface area contributed by atoms with E-state index in [0.29, 0.717) is 23.9 Å². The van der Waals surface area contributed by atoms with Gasteiger partial charge in [-0.05, 0) is 55.0 Å². The van der Waals surface area contributed by atoms with Gasteiger partial charge in [0.2, 0.25) is 5.76 Å². The smallest absolute Gasteiger partial charge is 0.371 e. The molecule has 0 radical (unpaired) electrons. The minimum absolute atomic E-state index is 0.0936. The van der Waals surface area contributed by atoms with Gasteiger partial charge in [0, 0.05) is 0 Å². The fourth-order valence-corrected chi connectivity index (χ4v) is 2.41. The molecule has 28 heavy (non-hydrogen) atoms. The van der Waals surface area contributed by atoms with Crippen LogP contribution in [0.3, 0.4) is 0 Å². The first kappa shape index (κ1) is 19.0. The Bertz CT molecular complexity index is 950. The highest BCUT2D eigenvalue weighted by Crippen LogP contribution is 2.29. The second-order valence-corrected chi connectivity index (χ2v) is 5.73. The Morgan fingerprint density at radius 1 is 1.11 bits per heavy atom. The number of para-hydroxylation sites is 1. The Hall–Kier alpha value is -3.74. The summed E-state index contributed by atoms with van der Waals surface area (Å²) >= 11 is 0. The third-order valence-corrected chi connectivity index (χ3v) is 3.69. The molecule has 0 unspecified atom stereocenters. The van der Waals surface area contributed by atoms with E-state index in [1.165, 1.54) is 6.07 Å². The quantitative estimate of drug-likeness (QED) is 0.422. The molecule has 1 aromatic heterocycles. The first-order chi connectivity index (χ1) is 13.7. The average molecular weight is 380 g/mol. The van der Waals surface area contributed by atoms with E-state index in [-0.39, 0.29) is 12.4 Å². The van der Waals surface area contributed by atoms with E-state index in [2.05, 4.69) is 10.5 Å².